The number of aryl methyl sites for hydroxylation is 1. The third-order valence-electron chi connectivity index (χ3n) is 4.14. The van der Waals surface area contributed by atoms with E-state index in [1.54, 1.807) is 36.8 Å². The first-order valence-electron chi connectivity index (χ1n) is 8.42. The van der Waals surface area contributed by atoms with Crippen LogP contribution in [0.5, 0.6) is 5.75 Å². The number of hydrogen-bond acceptors (Lipinski definition) is 5. The Morgan fingerprint density at radius 2 is 2.19 bits per heavy atom. The maximum Gasteiger partial charge on any atom is 0.261 e. The molecule has 1 aliphatic heterocycles. The average molecular weight is 378 g/mol. The van der Waals surface area contributed by atoms with Crippen molar-refractivity contribution in [3.63, 3.8) is 0 Å². The fraction of sp³-hybridized carbons (Fsp3) is 0.412. The Bertz CT molecular complexity index is 851. The first-order valence-corrected chi connectivity index (χ1v) is 10.3. The van der Waals surface area contributed by atoms with Crippen molar-refractivity contribution in [2.45, 2.75) is 25.5 Å². The van der Waals surface area contributed by atoms with Gasteiger partial charge < -0.3 is 14.6 Å². The van der Waals surface area contributed by atoms with E-state index in [0.29, 0.717) is 18.0 Å². The number of rotatable bonds is 6. The Kier molecular flexibility index (Phi) is 5.46. The van der Waals surface area contributed by atoms with Crippen LogP contribution < -0.4 is 14.4 Å². The number of carbonyl (C=O) groups excluding carboxylic acids is 1. The fourth-order valence-electron chi connectivity index (χ4n) is 2.87. The largest absolute Gasteiger partial charge is 0.478 e. The normalized spacial score (nSPS) is 17.1. The van der Waals surface area contributed by atoms with Crippen molar-refractivity contribution in [1.82, 2.24) is 14.9 Å². The van der Waals surface area contributed by atoms with Crippen molar-refractivity contribution in [3.8, 4) is 5.75 Å². The van der Waals surface area contributed by atoms with Crippen LogP contribution >= 0.6 is 0 Å². The van der Waals surface area contributed by atoms with Crippen molar-refractivity contribution in [3.05, 3.63) is 43.0 Å². The molecule has 2 aromatic rings. The summed E-state index contributed by atoms with van der Waals surface area (Å²) in [5, 5.41) is 2.86. The molecule has 3 rings (SSSR count). The maximum atomic E-state index is 12.5. The van der Waals surface area contributed by atoms with Gasteiger partial charge in [0.1, 0.15) is 5.75 Å². The van der Waals surface area contributed by atoms with E-state index in [1.807, 2.05) is 10.8 Å². The van der Waals surface area contributed by atoms with Crippen LogP contribution in [0.2, 0.25) is 0 Å². The molecule has 1 atom stereocenters. The average Bonchev–Trinajstić information content (AvgIpc) is 3.02. The Balaban J connectivity index is 1.62. The van der Waals surface area contributed by atoms with Crippen LogP contribution in [-0.2, 0) is 21.4 Å². The third-order valence-corrected chi connectivity index (χ3v) is 5.32. The Morgan fingerprint density at radius 3 is 2.92 bits per heavy atom. The number of amides is 1. The molecule has 2 heterocycles. The molecule has 140 valence electrons. The Hall–Kier alpha value is -2.55. The summed E-state index contributed by atoms with van der Waals surface area (Å²) in [5.74, 6) is 0.162. The van der Waals surface area contributed by atoms with Gasteiger partial charge >= 0.3 is 0 Å². The highest BCUT2D eigenvalue weighted by Gasteiger charge is 2.30. The van der Waals surface area contributed by atoms with Crippen molar-refractivity contribution >= 4 is 21.6 Å². The van der Waals surface area contributed by atoms with E-state index in [0.717, 1.165) is 19.2 Å². The number of ether oxygens (including phenoxy) is 1. The smallest absolute Gasteiger partial charge is 0.261 e. The van der Waals surface area contributed by atoms with E-state index in [9.17, 15) is 13.2 Å². The minimum absolute atomic E-state index is 0.197. The Labute approximate surface area is 152 Å². The lowest BCUT2D eigenvalue weighted by Gasteiger charge is -2.20. The standard InChI is InChI=1S/C17H22N4O4S/c1-26(23,24)21-11-7-16(25-15-6-3-2-5-14(15)21)17(22)19-8-4-10-20-12-9-18-13-20/h2-3,5-6,9,12-13,16H,4,7-8,10-11H2,1H3,(H,19,22). The van der Waals surface area contributed by atoms with Gasteiger partial charge in [0, 0.05) is 38.4 Å². The molecule has 1 aromatic carbocycles. The molecule has 0 fully saturated rings. The highest BCUT2D eigenvalue weighted by atomic mass is 32.2. The summed E-state index contributed by atoms with van der Waals surface area (Å²) in [5.41, 5.74) is 0.463. The lowest BCUT2D eigenvalue weighted by Crippen LogP contribution is -2.40. The molecular formula is C17H22N4O4S. The van der Waals surface area contributed by atoms with Crippen LogP contribution in [0.3, 0.4) is 0 Å². The number of imidazole rings is 1. The SMILES string of the molecule is CS(=O)(=O)N1CCC(C(=O)NCCCn2ccnc2)Oc2ccccc21. The van der Waals surface area contributed by atoms with Gasteiger partial charge in [0.15, 0.2) is 6.10 Å². The molecule has 0 bridgehead atoms. The molecule has 1 aliphatic rings. The number of carbonyl (C=O) groups is 1. The van der Waals surface area contributed by atoms with Gasteiger partial charge in [0.25, 0.3) is 5.91 Å². The summed E-state index contributed by atoms with van der Waals surface area (Å²) in [7, 11) is -3.44. The molecular weight excluding hydrogens is 356 g/mol. The topological polar surface area (TPSA) is 93.5 Å². The molecule has 1 N–H and O–H groups in total. The molecule has 0 saturated carbocycles. The lowest BCUT2D eigenvalue weighted by atomic mass is 10.2. The molecule has 0 spiro atoms. The van der Waals surface area contributed by atoms with Gasteiger partial charge in [-0.3, -0.25) is 9.10 Å². The minimum atomic E-state index is -3.44. The number of nitrogens with one attached hydrogen (secondary N) is 1. The van der Waals surface area contributed by atoms with Crippen LogP contribution in [0.4, 0.5) is 5.69 Å². The summed E-state index contributed by atoms with van der Waals surface area (Å²) in [6.45, 7) is 1.47. The second-order valence-corrected chi connectivity index (χ2v) is 8.05. The molecule has 1 amide bonds. The van der Waals surface area contributed by atoms with E-state index in [-0.39, 0.29) is 18.9 Å². The predicted molar refractivity (Wildman–Crippen MR) is 97.5 cm³/mol. The molecule has 0 radical (unpaired) electrons. The fourth-order valence-corrected chi connectivity index (χ4v) is 3.81. The van der Waals surface area contributed by atoms with Crippen LogP contribution in [0.15, 0.2) is 43.0 Å². The molecule has 8 nitrogen and oxygen atoms in total. The summed E-state index contributed by atoms with van der Waals surface area (Å²) in [4.78, 5) is 16.4. The van der Waals surface area contributed by atoms with Gasteiger partial charge in [-0.2, -0.15) is 0 Å². The number of hydrogen-bond donors (Lipinski definition) is 1. The van der Waals surface area contributed by atoms with Gasteiger partial charge in [-0.1, -0.05) is 12.1 Å². The number of fused-ring (bicyclic) bond motifs is 1. The van der Waals surface area contributed by atoms with Crippen LogP contribution in [0.1, 0.15) is 12.8 Å². The maximum absolute atomic E-state index is 12.5. The van der Waals surface area contributed by atoms with Gasteiger partial charge in [-0.25, -0.2) is 13.4 Å². The number of aromatic nitrogens is 2. The molecule has 1 aromatic heterocycles. The van der Waals surface area contributed by atoms with Gasteiger partial charge in [0.2, 0.25) is 10.0 Å². The van der Waals surface area contributed by atoms with Crippen LogP contribution in [-0.4, -0.2) is 49.3 Å². The summed E-state index contributed by atoms with van der Waals surface area (Å²) >= 11 is 0. The van der Waals surface area contributed by atoms with Crippen molar-refractivity contribution in [1.29, 1.82) is 0 Å². The molecule has 26 heavy (non-hydrogen) atoms. The van der Waals surface area contributed by atoms with Crippen LogP contribution in [0, 0.1) is 0 Å². The number of para-hydroxylation sites is 2. The Morgan fingerprint density at radius 1 is 1.38 bits per heavy atom. The zero-order chi connectivity index (χ0) is 18.6. The summed E-state index contributed by atoms with van der Waals surface area (Å²) in [6.07, 6.45) is 6.79. The second-order valence-electron chi connectivity index (χ2n) is 6.14. The first kappa shape index (κ1) is 18.2. The number of anilines is 1. The van der Waals surface area contributed by atoms with Crippen molar-refractivity contribution in [2.75, 3.05) is 23.7 Å². The van der Waals surface area contributed by atoms with Crippen molar-refractivity contribution < 1.29 is 17.9 Å². The first-order chi connectivity index (χ1) is 12.4. The summed E-state index contributed by atoms with van der Waals surface area (Å²) in [6, 6.07) is 6.86. The summed E-state index contributed by atoms with van der Waals surface area (Å²) < 4.78 is 33.2. The lowest BCUT2D eigenvalue weighted by molar-refractivity contribution is -0.128. The zero-order valence-electron chi connectivity index (χ0n) is 14.5. The predicted octanol–water partition coefficient (Wildman–Crippen LogP) is 1.01. The van der Waals surface area contributed by atoms with Crippen molar-refractivity contribution in [2.24, 2.45) is 0 Å². The van der Waals surface area contributed by atoms with E-state index in [1.165, 1.54) is 4.31 Å². The molecule has 1 unspecified atom stereocenters. The minimum Gasteiger partial charge on any atom is -0.478 e. The van der Waals surface area contributed by atoms with Gasteiger partial charge in [-0.15, -0.1) is 0 Å². The number of sulfonamides is 1. The number of nitrogens with zero attached hydrogens (tertiary/aromatic N) is 3. The van der Waals surface area contributed by atoms with E-state index < -0.39 is 16.1 Å². The van der Waals surface area contributed by atoms with E-state index in [2.05, 4.69) is 10.3 Å². The quantitative estimate of drug-likeness (QED) is 0.757. The molecule has 0 aliphatic carbocycles. The molecule has 9 heteroatoms. The van der Waals surface area contributed by atoms with Gasteiger partial charge in [0.05, 0.1) is 18.3 Å². The highest BCUT2D eigenvalue weighted by molar-refractivity contribution is 7.92. The highest BCUT2D eigenvalue weighted by Crippen LogP contribution is 2.33. The second kappa shape index (κ2) is 7.77. The molecule has 0 saturated heterocycles. The van der Waals surface area contributed by atoms with Gasteiger partial charge in [-0.05, 0) is 18.6 Å². The van der Waals surface area contributed by atoms with Crippen LogP contribution in [0.25, 0.3) is 0 Å². The monoisotopic (exact) mass is 378 g/mol. The zero-order valence-corrected chi connectivity index (χ0v) is 15.4. The van der Waals surface area contributed by atoms with E-state index >= 15 is 0 Å². The third kappa shape index (κ3) is 4.34. The number of benzene rings is 1. The van der Waals surface area contributed by atoms with E-state index in [4.69, 9.17) is 4.74 Å².